The van der Waals surface area contributed by atoms with Crippen LogP contribution in [0.25, 0.3) is 0 Å². The lowest BCUT2D eigenvalue weighted by atomic mass is 10.3. The molecule has 0 N–H and O–H groups in total. The van der Waals surface area contributed by atoms with Crippen molar-refractivity contribution in [1.82, 2.24) is 0 Å². The second-order valence-electron chi connectivity index (χ2n) is 4.51. The van der Waals surface area contributed by atoms with E-state index in [1.807, 2.05) is 0 Å². The molecule has 0 heterocycles. The molecule has 6 heteroatoms. The molecule has 110 valence electrons. The predicted molar refractivity (Wildman–Crippen MR) is 95.4 cm³/mol. The molecule has 0 amide bonds. The number of rotatable bonds is 4. The smallest absolute Gasteiger partial charge is 0.183 e. The van der Waals surface area contributed by atoms with Gasteiger partial charge in [0.05, 0.1) is 16.3 Å². The minimum Gasteiger partial charge on any atom is -0.256 e. The van der Waals surface area contributed by atoms with Gasteiger partial charge in [-0.3, -0.25) is 4.99 Å². The number of halogens is 2. The third-order valence-corrected chi connectivity index (χ3v) is 5.61. The summed E-state index contributed by atoms with van der Waals surface area (Å²) in [4.78, 5) is 4.69. The molecule has 2 aromatic carbocycles. The van der Waals surface area contributed by atoms with Gasteiger partial charge in [0.15, 0.2) is 9.84 Å². The maximum absolute atomic E-state index is 12.3. The first-order valence-electron chi connectivity index (χ1n) is 6.15. The summed E-state index contributed by atoms with van der Waals surface area (Å²) in [6.45, 7) is 1.71. The third kappa shape index (κ3) is 4.52. The van der Waals surface area contributed by atoms with E-state index < -0.39 is 9.84 Å². The standard InChI is InChI=1S/C15H13ClINO2S/c1-11(18-15-8-7-12(16)9-14(15)17)10-21(19,20)13-5-3-2-4-6-13/h2-9H,10H2,1H3. The second kappa shape index (κ2) is 6.89. The molecule has 0 aromatic heterocycles. The highest BCUT2D eigenvalue weighted by atomic mass is 127. The maximum atomic E-state index is 12.3. The lowest BCUT2D eigenvalue weighted by Gasteiger charge is -2.05. The molecule has 0 bridgehead atoms. The van der Waals surface area contributed by atoms with Crippen LogP contribution in [-0.2, 0) is 9.84 Å². The molecule has 0 saturated heterocycles. The van der Waals surface area contributed by atoms with Gasteiger partial charge >= 0.3 is 0 Å². The second-order valence-corrected chi connectivity index (χ2v) is 8.10. The summed E-state index contributed by atoms with van der Waals surface area (Å²) in [7, 11) is -3.36. The lowest BCUT2D eigenvalue weighted by Crippen LogP contribution is -2.13. The van der Waals surface area contributed by atoms with Crippen LogP contribution in [0.3, 0.4) is 0 Å². The molecule has 0 aliphatic rings. The Balaban J connectivity index is 2.25. The zero-order valence-corrected chi connectivity index (χ0v) is 15.0. The first-order valence-corrected chi connectivity index (χ1v) is 9.26. The van der Waals surface area contributed by atoms with Crippen molar-refractivity contribution in [2.75, 3.05) is 5.75 Å². The van der Waals surface area contributed by atoms with Crippen LogP contribution in [0.1, 0.15) is 6.92 Å². The predicted octanol–water partition coefficient (Wildman–Crippen LogP) is 4.51. The fourth-order valence-corrected chi connectivity index (χ4v) is 4.14. The van der Waals surface area contributed by atoms with E-state index in [1.165, 1.54) is 0 Å². The number of sulfone groups is 1. The number of nitrogens with zero attached hydrogens (tertiary/aromatic N) is 1. The van der Waals surface area contributed by atoms with Gasteiger partial charge in [-0.2, -0.15) is 0 Å². The van der Waals surface area contributed by atoms with Crippen molar-refractivity contribution in [3.63, 3.8) is 0 Å². The van der Waals surface area contributed by atoms with E-state index in [9.17, 15) is 8.42 Å². The Morgan fingerprint density at radius 2 is 1.86 bits per heavy atom. The summed E-state index contributed by atoms with van der Waals surface area (Å²) in [5.74, 6) is -0.101. The normalized spacial score (nSPS) is 12.4. The number of benzene rings is 2. The van der Waals surface area contributed by atoms with Crippen LogP contribution < -0.4 is 0 Å². The van der Waals surface area contributed by atoms with Crippen molar-refractivity contribution in [2.24, 2.45) is 4.99 Å². The Morgan fingerprint density at radius 3 is 2.48 bits per heavy atom. The highest BCUT2D eigenvalue weighted by Crippen LogP contribution is 2.25. The fourth-order valence-electron chi connectivity index (χ4n) is 1.80. The Bertz CT molecular complexity index is 774. The summed E-state index contributed by atoms with van der Waals surface area (Å²) in [6, 6.07) is 13.7. The van der Waals surface area contributed by atoms with Crippen LogP contribution in [-0.4, -0.2) is 19.9 Å². The van der Waals surface area contributed by atoms with Gasteiger partial charge in [-0.1, -0.05) is 29.8 Å². The zero-order valence-electron chi connectivity index (χ0n) is 11.3. The van der Waals surface area contributed by atoms with Gasteiger partial charge in [-0.25, -0.2) is 8.42 Å². The highest BCUT2D eigenvalue weighted by Gasteiger charge is 2.15. The molecule has 2 aromatic rings. The van der Waals surface area contributed by atoms with Gasteiger partial charge < -0.3 is 0 Å². The number of hydrogen-bond donors (Lipinski definition) is 0. The number of hydrogen-bond acceptors (Lipinski definition) is 3. The minimum atomic E-state index is -3.36. The molecular formula is C15H13ClINO2S. The van der Waals surface area contributed by atoms with E-state index in [-0.39, 0.29) is 5.75 Å². The van der Waals surface area contributed by atoms with E-state index in [4.69, 9.17) is 11.6 Å². The first-order chi connectivity index (χ1) is 9.88. The van der Waals surface area contributed by atoms with E-state index in [0.717, 1.165) is 9.26 Å². The fraction of sp³-hybridized carbons (Fsp3) is 0.133. The molecule has 0 aliphatic carbocycles. The third-order valence-electron chi connectivity index (χ3n) is 2.72. The van der Waals surface area contributed by atoms with Crippen molar-refractivity contribution in [3.8, 4) is 0 Å². The number of aliphatic imine (C=N–C) groups is 1. The van der Waals surface area contributed by atoms with Crippen LogP contribution in [0.4, 0.5) is 5.69 Å². The van der Waals surface area contributed by atoms with Crippen LogP contribution >= 0.6 is 34.2 Å². The largest absolute Gasteiger partial charge is 0.256 e. The van der Waals surface area contributed by atoms with E-state index >= 15 is 0 Å². The maximum Gasteiger partial charge on any atom is 0.183 e. The van der Waals surface area contributed by atoms with Crippen molar-refractivity contribution in [1.29, 1.82) is 0 Å². The topological polar surface area (TPSA) is 46.5 Å². The Kier molecular flexibility index (Phi) is 5.40. The Hall–Kier alpha value is -0.920. The van der Waals surface area contributed by atoms with Crippen molar-refractivity contribution >= 4 is 55.4 Å². The summed E-state index contributed by atoms with van der Waals surface area (Å²) < 4.78 is 25.4. The molecule has 0 radical (unpaired) electrons. The first kappa shape index (κ1) is 16.5. The Morgan fingerprint density at radius 1 is 1.19 bits per heavy atom. The van der Waals surface area contributed by atoms with Crippen LogP contribution in [0.5, 0.6) is 0 Å². The summed E-state index contributed by atoms with van der Waals surface area (Å²) in [5, 5.41) is 0.632. The average molecular weight is 434 g/mol. The molecular weight excluding hydrogens is 421 g/mol. The van der Waals surface area contributed by atoms with E-state index in [1.54, 1.807) is 55.5 Å². The SMILES string of the molecule is CC(CS(=O)(=O)c1ccccc1)=Nc1ccc(Cl)cc1I. The highest BCUT2D eigenvalue weighted by molar-refractivity contribution is 14.1. The molecule has 2 rings (SSSR count). The Labute approximate surface area is 143 Å². The molecule has 0 spiro atoms. The monoisotopic (exact) mass is 433 g/mol. The molecule has 21 heavy (non-hydrogen) atoms. The van der Waals surface area contributed by atoms with E-state index in [2.05, 4.69) is 27.6 Å². The average Bonchev–Trinajstić information content (AvgIpc) is 2.42. The molecule has 0 atom stereocenters. The van der Waals surface area contributed by atoms with Gasteiger partial charge in [0.25, 0.3) is 0 Å². The summed E-state index contributed by atoms with van der Waals surface area (Å²) in [6.07, 6.45) is 0. The van der Waals surface area contributed by atoms with Crippen molar-refractivity contribution in [2.45, 2.75) is 11.8 Å². The minimum absolute atomic E-state index is 0.101. The van der Waals surface area contributed by atoms with E-state index in [0.29, 0.717) is 15.6 Å². The van der Waals surface area contributed by atoms with Crippen LogP contribution in [0.2, 0.25) is 5.02 Å². The van der Waals surface area contributed by atoms with Gasteiger partial charge in [0.1, 0.15) is 0 Å². The van der Waals surface area contributed by atoms with Crippen molar-refractivity contribution in [3.05, 3.63) is 57.1 Å². The summed E-state index contributed by atoms with van der Waals surface area (Å²) >= 11 is 8.02. The van der Waals surface area contributed by atoms with Gasteiger partial charge in [0, 0.05) is 14.3 Å². The van der Waals surface area contributed by atoms with Gasteiger partial charge in [-0.05, 0) is 59.8 Å². The zero-order chi connectivity index (χ0) is 15.5. The van der Waals surface area contributed by atoms with Crippen LogP contribution in [0.15, 0.2) is 58.4 Å². The molecule has 0 aliphatic heterocycles. The molecule has 0 fully saturated rings. The van der Waals surface area contributed by atoms with Crippen LogP contribution in [0, 0.1) is 3.57 Å². The quantitative estimate of drug-likeness (QED) is 0.526. The summed E-state index contributed by atoms with van der Waals surface area (Å²) in [5.41, 5.74) is 1.26. The van der Waals surface area contributed by atoms with Crippen molar-refractivity contribution < 1.29 is 8.42 Å². The molecule has 3 nitrogen and oxygen atoms in total. The lowest BCUT2D eigenvalue weighted by molar-refractivity contribution is 0.600. The van der Waals surface area contributed by atoms with Gasteiger partial charge in [-0.15, -0.1) is 0 Å². The molecule has 0 unspecified atom stereocenters. The van der Waals surface area contributed by atoms with Gasteiger partial charge in [0.2, 0.25) is 0 Å². The molecule has 0 saturated carbocycles.